The van der Waals surface area contributed by atoms with Crippen molar-refractivity contribution in [2.45, 2.75) is 6.36 Å². The molecular formula is C9H4ClF5O. The van der Waals surface area contributed by atoms with E-state index >= 15 is 0 Å². The van der Waals surface area contributed by atoms with Crippen LogP contribution in [-0.2, 0) is 0 Å². The van der Waals surface area contributed by atoms with Crippen LogP contribution >= 0.6 is 11.6 Å². The highest BCUT2D eigenvalue weighted by molar-refractivity contribution is 6.30. The van der Waals surface area contributed by atoms with Gasteiger partial charge in [-0.25, -0.2) is 4.39 Å². The molecule has 0 amide bonds. The molecule has 0 bridgehead atoms. The maximum absolute atomic E-state index is 12.8. The molecule has 0 saturated carbocycles. The molecule has 1 aromatic carbocycles. The van der Waals surface area contributed by atoms with Gasteiger partial charge in [-0.05, 0) is 35.9 Å². The summed E-state index contributed by atoms with van der Waals surface area (Å²) in [4.78, 5) is 0. The van der Waals surface area contributed by atoms with Gasteiger partial charge >= 0.3 is 6.36 Å². The van der Waals surface area contributed by atoms with E-state index in [2.05, 4.69) is 4.74 Å². The van der Waals surface area contributed by atoms with E-state index in [-0.39, 0.29) is 5.56 Å². The minimum absolute atomic E-state index is 0.276. The second-order valence-electron chi connectivity index (χ2n) is 2.65. The van der Waals surface area contributed by atoms with Crippen LogP contribution in [0.3, 0.4) is 0 Å². The Morgan fingerprint density at radius 3 is 1.94 bits per heavy atom. The third-order valence-corrected chi connectivity index (χ3v) is 1.67. The topological polar surface area (TPSA) is 9.23 Å². The molecule has 0 radical (unpaired) electrons. The molecule has 0 fully saturated rings. The van der Waals surface area contributed by atoms with Gasteiger partial charge in [-0.15, -0.1) is 13.2 Å². The number of hydrogen-bond donors (Lipinski definition) is 0. The zero-order valence-corrected chi connectivity index (χ0v) is 8.24. The van der Waals surface area contributed by atoms with Crippen LogP contribution in [0, 0.1) is 0 Å². The molecule has 16 heavy (non-hydrogen) atoms. The van der Waals surface area contributed by atoms with Crippen LogP contribution in [0.15, 0.2) is 29.6 Å². The van der Waals surface area contributed by atoms with E-state index in [1.165, 1.54) is 0 Å². The predicted molar refractivity (Wildman–Crippen MR) is 48.1 cm³/mol. The second-order valence-corrected chi connectivity index (χ2v) is 2.98. The van der Waals surface area contributed by atoms with E-state index in [0.29, 0.717) is 0 Å². The third-order valence-electron chi connectivity index (χ3n) is 1.51. The molecular weight excluding hydrogens is 255 g/mol. The molecule has 0 unspecified atom stereocenters. The Morgan fingerprint density at radius 2 is 1.56 bits per heavy atom. The van der Waals surface area contributed by atoms with Gasteiger partial charge < -0.3 is 4.74 Å². The van der Waals surface area contributed by atoms with Crippen LogP contribution in [0.1, 0.15) is 5.56 Å². The molecule has 0 atom stereocenters. The van der Waals surface area contributed by atoms with Crippen molar-refractivity contribution in [3.8, 4) is 5.75 Å². The summed E-state index contributed by atoms with van der Waals surface area (Å²) in [5.74, 6) is -1.88. The van der Waals surface area contributed by atoms with Crippen LogP contribution in [0.4, 0.5) is 22.0 Å². The summed E-state index contributed by atoms with van der Waals surface area (Å²) in [6, 6.07) is 3.53. The van der Waals surface area contributed by atoms with Crippen molar-refractivity contribution < 1.29 is 26.7 Å². The first-order chi connectivity index (χ1) is 7.29. The predicted octanol–water partition coefficient (Wildman–Crippen LogP) is 4.39. The largest absolute Gasteiger partial charge is 0.573 e. The maximum Gasteiger partial charge on any atom is 0.573 e. The lowest BCUT2D eigenvalue weighted by molar-refractivity contribution is -0.274. The van der Waals surface area contributed by atoms with Crippen molar-refractivity contribution in [2.75, 3.05) is 0 Å². The lowest BCUT2D eigenvalue weighted by atomic mass is 10.2. The minimum Gasteiger partial charge on any atom is -0.406 e. The van der Waals surface area contributed by atoms with Gasteiger partial charge in [0.05, 0.1) is 0 Å². The SMILES string of the molecule is FC(Cl)=C(F)c1ccc(OC(F)(F)F)cc1. The summed E-state index contributed by atoms with van der Waals surface area (Å²) < 4.78 is 63.8. The monoisotopic (exact) mass is 258 g/mol. The number of benzene rings is 1. The molecule has 0 aliphatic carbocycles. The Hall–Kier alpha value is -1.30. The van der Waals surface area contributed by atoms with E-state index in [9.17, 15) is 22.0 Å². The molecule has 1 nitrogen and oxygen atoms in total. The Morgan fingerprint density at radius 1 is 1.06 bits per heavy atom. The molecule has 0 N–H and O–H groups in total. The minimum atomic E-state index is -4.83. The summed E-state index contributed by atoms with van der Waals surface area (Å²) in [5, 5.41) is -1.57. The smallest absolute Gasteiger partial charge is 0.406 e. The van der Waals surface area contributed by atoms with Gasteiger partial charge in [0.2, 0.25) is 5.29 Å². The number of hydrogen-bond acceptors (Lipinski definition) is 1. The molecule has 0 aromatic heterocycles. The van der Waals surface area contributed by atoms with Gasteiger partial charge in [0, 0.05) is 5.56 Å². The number of halogens is 6. The Balaban J connectivity index is 2.88. The third kappa shape index (κ3) is 3.69. The maximum atomic E-state index is 12.8. The highest BCUT2D eigenvalue weighted by atomic mass is 35.5. The molecule has 7 heteroatoms. The summed E-state index contributed by atoms with van der Waals surface area (Å²) in [5.41, 5.74) is -0.276. The Kier molecular flexibility index (Phi) is 3.74. The molecule has 0 saturated heterocycles. The quantitative estimate of drug-likeness (QED) is 0.715. The number of ether oxygens (including phenoxy) is 1. The van der Waals surface area contributed by atoms with Crippen LogP contribution in [-0.4, -0.2) is 6.36 Å². The zero-order valence-electron chi connectivity index (χ0n) is 7.49. The first kappa shape index (κ1) is 12.8. The molecule has 0 spiro atoms. The van der Waals surface area contributed by atoms with Gasteiger partial charge in [-0.3, -0.25) is 0 Å². The lowest BCUT2D eigenvalue weighted by Crippen LogP contribution is -2.16. The molecule has 1 rings (SSSR count). The van der Waals surface area contributed by atoms with Gasteiger partial charge in [0.15, 0.2) is 5.83 Å². The molecule has 0 aliphatic heterocycles. The van der Waals surface area contributed by atoms with Crippen molar-refractivity contribution in [3.05, 3.63) is 35.1 Å². The van der Waals surface area contributed by atoms with Gasteiger partial charge in [0.1, 0.15) is 5.75 Å². The average Bonchev–Trinajstić information content (AvgIpc) is 2.15. The molecule has 1 aromatic rings. The summed E-state index contributed by atoms with van der Waals surface area (Å²) >= 11 is 4.74. The zero-order chi connectivity index (χ0) is 12.3. The van der Waals surface area contributed by atoms with E-state index in [1.807, 2.05) is 0 Å². The molecule has 88 valence electrons. The molecule has 0 aliphatic rings. The fourth-order valence-electron chi connectivity index (χ4n) is 0.912. The first-order valence-corrected chi connectivity index (χ1v) is 4.24. The van der Waals surface area contributed by atoms with Gasteiger partial charge in [-0.1, -0.05) is 0 Å². The van der Waals surface area contributed by atoms with E-state index < -0.39 is 23.2 Å². The van der Waals surface area contributed by atoms with Crippen molar-refractivity contribution in [2.24, 2.45) is 0 Å². The van der Waals surface area contributed by atoms with E-state index in [4.69, 9.17) is 11.6 Å². The lowest BCUT2D eigenvalue weighted by Gasteiger charge is -2.08. The number of rotatable bonds is 2. The van der Waals surface area contributed by atoms with Crippen LogP contribution in [0.5, 0.6) is 5.75 Å². The van der Waals surface area contributed by atoms with Crippen molar-refractivity contribution >= 4 is 17.4 Å². The summed E-state index contributed by atoms with van der Waals surface area (Å²) in [6.07, 6.45) is -4.83. The highest BCUT2D eigenvalue weighted by Gasteiger charge is 2.31. The van der Waals surface area contributed by atoms with Gasteiger partial charge in [0.25, 0.3) is 0 Å². The normalized spacial score (nSPS) is 13.4. The van der Waals surface area contributed by atoms with Crippen LogP contribution in [0.25, 0.3) is 5.83 Å². The first-order valence-electron chi connectivity index (χ1n) is 3.86. The Labute approximate surface area is 92.1 Å². The summed E-state index contributed by atoms with van der Waals surface area (Å²) in [6.45, 7) is 0. The van der Waals surface area contributed by atoms with Crippen LogP contribution < -0.4 is 4.74 Å². The fourth-order valence-corrected chi connectivity index (χ4v) is 1.02. The summed E-state index contributed by atoms with van der Waals surface area (Å²) in [7, 11) is 0. The van der Waals surface area contributed by atoms with Crippen LogP contribution in [0.2, 0.25) is 0 Å². The van der Waals surface area contributed by atoms with E-state index in [0.717, 1.165) is 24.3 Å². The molecule has 0 heterocycles. The highest BCUT2D eigenvalue weighted by Crippen LogP contribution is 2.27. The second kappa shape index (κ2) is 4.69. The average molecular weight is 259 g/mol. The van der Waals surface area contributed by atoms with Crippen molar-refractivity contribution in [1.29, 1.82) is 0 Å². The van der Waals surface area contributed by atoms with E-state index in [1.54, 1.807) is 0 Å². The van der Waals surface area contributed by atoms with Gasteiger partial charge in [-0.2, -0.15) is 4.39 Å². The standard InChI is InChI=1S/C9H4ClF5O/c10-8(12)7(11)5-1-3-6(4-2-5)16-9(13,14)15/h1-4H. The van der Waals surface area contributed by atoms with Crippen molar-refractivity contribution in [1.82, 2.24) is 0 Å². The number of alkyl halides is 3. The fraction of sp³-hybridized carbons (Fsp3) is 0.111. The Bertz CT molecular complexity index is 391. The van der Waals surface area contributed by atoms with Crippen molar-refractivity contribution in [3.63, 3.8) is 0 Å².